The van der Waals surface area contributed by atoms with Gasteiger partial charge in [-0.1, -0.05) is 30.2 Å². The summed E-state index contributed by atoms with van der Waals surface area (Å²) >= 11 is 2.09. The van der Waals surface area contributed by atoms with E-state index in [-0.39, 0.29) is 18.4 Å². The van der Waals surface area contributed by atoms with Crippen molar-refractivity contribution in [1.29, 1.82) is 0 Å². The van der Waals surface area contributed by atoms with Crippen molar-refractivity contribution in [2.75, 3.05) is 11.9 Å². The van der Waals surface area contributed by atoms with E-state index >= 15 is 0 Å². The van der Waals surface area contributed by atoms with Gasteiger partial charge in [-0.25, -0.2) is 4.98 Å². The zero-order valence-electron chi connectivity index (χ0n) is 14.8. The zero-order valence-corrected chi connectivity index (χ0v) is 16.9. The minimum absolute atomic E-state index is 0.117. The number of carbonyl (C=O) groups is 2. The van der Waals surface area contributed by atoms with Gasteiger partial charge in [-0.05, 0) is 71.0 Å². The molecule has 6 heteroatoms. The Morgan fingerprint density at radius 2 is 1.79 bits per heavy atom. The van der Waals surface area contributed by atoms with E-state index in [4.69, 9.17) is 0 Å². The maximum absolute atomic E-state index is 12.2. The first-order valence-corrected chi connectivity index (χ1v) is 9.55. The van der Waals surface area contributed by atoms with E-state index in [1.807, 2.05) is 42.5 Å². The van der Waals surface area contributed by atoms with E-state index in [1.54, 1.807) is 30.5 Å². The molecule has 0 atom stereocenters. The molecule has 0 aliphatic carbocycles. The fourth-order valence-corrected chi connectivity index (χ4v) is 2.99. The predicted molar refractivity (Wildman–Crippen MR) is 117 cm³/mol. The first-order chi connectivity index (χ1) is 13.6. The van der Waals surface area contributed by atoms with Gasteiger partial charge in [0.2, 0.25) is 5.91 Å². The quantitative estimate of drug-likeness (QED) is 0.443. The molecule has 0 bridgehead atoms. The van der Waals surface area contributed by atoms with Gasteiger partial charge in [0.05, 0.1) is 12.1 Å². The number of hydrogen-bond donors (Lipinski definition) is 2. The lowest BCUT2D eigenvalue weighted by Crippen LogP contribution is -2.33. The lowest BCUT2D eigenvalue weighted by molar-refractivity contribution is -0.115. The second-order valence-corrected chi connectivity index (χ2v) is 6.92. The largest absolute Gasteiger partial charge is 0.343 e. The van der Waals surface area contributed by atoms with Crippen LogP contribution in [0, 0.1) is 15.4 Å². The molecule has 3 rings (SSSR count). The van der Waals surface area contributed by atoms with E-state index in [1.165, 1.54) is 0 Å². The molecule has 138 valence electrons. The van der Waals surface area contributed by atoms with Crippen molar-refractivity contribution >= 4 is 40.1 Å². The number of amides is 2. The van der Waals surface area contributed by atoms with E-state index in [9.17, 15) is 9.59 Å². The normalized spacial score (nSPS) is 9.75. The summed E-state index contributed by atoms with van der Waals surface area (Å²) in [6, 6.07) is 19.9. The SMILES string of the molecule is O=C(CNC(=O)c1ccccc1I)Nc1cccc(C#Cc2ccccn2)c1. The van der Waals surface area contributed by atoms with Gasteiger partial charge in [0.15, 0.2) is 0 Å². The summed E-state index contributed by atoms with van der Waals surface area (Å²) in [7, 11) is 0. The number of halogens is 1. The maximum Gasteiger partial charge on any atom is 0.252 e. The molecule has 0 spiro atoms. The number of carbonyl (C=O) groups excluding carboxylic acids is 2. The van der Waals surface area contributed by atoms with Crippen molar-refractivity contribution in [3.63, 3.8) is 0 Å². The Labute approximate surface area is 176 Å². The highest BCUT2D eigenvalue weighted by molar-refractivity contribution is 14.1. The van der Waals surface area contributed by atoms with Crippen molar-refractivity contribution in [3.05, 3.63) is 93.3 Å². The Kier molecular flexibility index (Phi) is 6.76. The van der Waals surface area contributed by atoms with Gasteiger partial charge in [-0.3, -0.25) is 9.59 Å². The van der Waals surface area contributed by atoms with Gasteiger partial charge in [-0.2, -0.15) is 0 Å². The number of hydrogen-bond acceptors (Lipinski definition) is 3. The van der Waals surface area contributed by atoms with Gasteiger partial charge in [0.25, 0.3) is 5.91 Å². The standard InChI is InChI=1S/C22H16IN3O2/c23-20-10-2-1-9-19(20)22(28)25-15-21(27)26-18-8-5-6-16(14-18)11-12-17-7-3-4-13-24-17/h1-10,13-14H,15H2,(H,25,28)(H,26,27). The summed E-state index contributed by atoms with van der Waals surface area (Å²) in [4.78, 5) is 28.5. The van der Waals surface area contributed by atoms with Crippen molar-refractivity contribution in [2.24, 2.45) is 0 Å². The Morgan fingerprint density at radius 3 is 2.57 bits per heavy atom. The Morgan fingerprint density at radius 1 is 0.964 bits per heavy atom. The summed E-state index contributed by atoms with van der Waals surface area (Å²) in [6.45, 7) is -0.117. The third kappa shape index (κ3) is 5.66. The van der Waals surface area contributed by atoms with Crippen LogP contribution in [0.5, 0.6) is 0 Å². The topological polar surface area (TPSA) is 71.1 Å². The molecule has 0 saturated heterocycles. The van der Waals surface area contributed by atoms with Crippen LogP contribution in [0.4, 0.5) is 5.69 Å². The smallest absolute Gasteiger partial charge is 0.252 e. The van der Waals surface area contributed by atoms with Gasteiger partial charge in [-0.15, -0.1) is 0 Å². The molecule has 0 unspecified atom stereocenters. The summed E-state index contributed by atoms with van der Waals surface area (Å²) in [5.41, 5.74) is 2.59. The predicted octanol–water partition coefficient (Wildman–Crippen LogP) is 3.45. The minimum atomic E-state index is -0.311. The molecular weight excluding hydrogens is 465 g/mol. The third-order valence-electron chi connectivity index (χ3n) is 3.67. The Hall–Kier alpha value is -3.18. The minimum Gasteiger partial charge on any atom is -0.343 e. The summed E-state index contributed by atoms with van der Waals surface area (Å²) < 4.78 is 0.831. The number of rotatable bonds is 4. The average Bonchev–Trinajstić information content (AvgIpc) is 2.72. The van der Waals surface area contributed by atoms with Crippen molar-refractivity contribution in [3.8, 4) is 11.8 Å². The molecule has 3 aromatic rings. The third-order valence-corrected chi connectivity index (χ3v) is 4.61. The van der Waals surface area contributed by atoms with Crippen molar-refractivity contribution in [2.45, 2.75) is 0 Å². The van der Waals surface area contributed by atoms with E-state index < -0.39 is 0 Å². The number of aromatic nitrogens is 1. The molecule has 0 aliphatic heterocycles. The van der Waals surface area contributed by atoms with Crippen LogP contribution in [-0.2, 0) is 4.79 Å². The molecule has 5 nitrogen and oxygen atoms in total. The lowest BCUT2D eigenvalue weighted by Gasteiger charge is -2.08. The van der Waals surface area contributed by atoms with Gasteiger partial charge in [0.1, 0.15) is 5.69 Å². The van der Waals surface area contributed by atoms with Gasteiger partial charge in [0, 0.05) is 21.0 Å². The Bertz CT molecular complexity index is 1060. The monoisotopic (exact) mass is 481 g/mol. The summed E-state index contributed by atoms with van der Waals surface area (Å²) in [5.74, 6) is 5.40. The average molecular weight is 481 g/mol. The highest BCUT2D eigenvalue weighted by Gasteiger charge is 2.10. The van der Waals surface area contributed by atoms with E-state index in [2.05, 4.69) is 50.0 Å². The summed E-state index contributed by atoms with van der Waals surface area (Å²) in [6.07, 6.45) is 1.69. The number of nitrogens with one attached hydrogen (secondary N) is 2. The van der Waals surface area contributed by atoms with Crippen LogP contribution >= 0.6 is 22.6 Å². The molecule has 1 heterocycles. The molecule has 0 radical (unpaired) electrons. The van der Waals surface area contributed by atoms with E-state index in [0.717, 1.165) is 9.13 Å². The zero-order chi connectivity index (χ0) is 19.8. The first kappa shape index (κ1) is 19.6. The molecule has 28 heavy (non-hydrogen) atoms. The van der Waals surface area contributed by atoms with Crippen LogP contribution in [0.25, 0.3) is 0 Å². The fourth-order valence-electron chi connectivity index (χ4n) is 2.35. The molecule has 2 aromatic carbocycles. The number of nitrogens with zero attached hydrogens (tertiary/aromatic N) is 1. The van der Waals surface area contributed by atoms with Crippen LogP contribution in [-0.4, -0.2) is 23.3 Å². The molecule has 0 fully saturated rings. The first-order valence-electron chi connectivity index (χ1n) is 8.47. The summed E-state index contributed by atoms with van der Waals surface area (Å²) in [5, 5.41) is 5.39. The highest BCUT2D eigenvalue weighted by Crippen LogP contribution is 2.12. The Balaban J connectivity index is 1.58. The number of pyridine rings is 1. The second-order valence-electron chi connectivity index (χ2n) is 5.76. The van der Waals surface area contributed by atoms with Crippen LogP contribution in [0.2, 0.25) is 0 Å². The fraction of sp³-hybridized carbons (Fsp3) is 0.0455. The molecular formula is C22H16IN3O2. The number of anilines is 1. The van der Waals surface area contributed by atoms with Crippen LogP contribution < -0.4 is 10.6 Å². The van der Waals surface area contributed by atoms with Crippen molar-refractivity contribution < 1.29 is 9.59 Å². The molecule has 0 aliphatic rings. The second kappa shape index (κ2) is 9.67. The van der Waals surface area contributed by atoms with E-state index in [0.29, 0.717) is 16.9 Å². The van der Waals surface area contributed by atoms with Gasteiger partial charge >= 0.3 is 0 Å². The number of benzene rings is 2. The molecule has 0 saturated carbocycles. The van der Waals surface area contributed by atoms with Gasteiger partial charge < -0.3 is 10.6 Å². The molecule has 2 amide bonds. The maximum atomic E-state index is 12.2. The molecule has 2 N–H and O–H groups in total. The highest BCUT2D eigenvalue weighted by atomic mass is 127. The van der Waals surface area contributed by atoms with Crippen LogP contribution in [0.1, 0.15) is 21.6 Å². The van der Waals surface area contributed by atoms with Crippen LogP contribution in [0.3, 0.4) is 0 Å². The lowest BCUT2D eigenvalue weighted by atomic mass is 10.2. The van der Waals surface area contributed by atoms with Crippen molar-refractivity contribution in [1.82, 2.24) is 10.3 Å². The van der Waals surface area contributed by atoms with Crippen LogP contribution in [0.15, 0.2) is 72.9 Å². The molecule has 1 aromatic heterocycles.